The number of benzene rings is 3. The van der Waals surface area contributed by atoms with E-state index in [9.17, 15) is 0 Å². The monoisotopic (exact) mass is 444 g/mol. The van der Waals surface area contributed by atoms with Crippen molar-refractivity contribution in [1.29, 1.82) is 0 Å². The van der Waals surface area contributed by atoms with Crippen LogP contribution in [-0.2, 0) is 19.6 Å². The first kappa shape index (κ1) is 23.1. The van der Waals surface area contributed by atoms with Crippen molar-refractivity contribution in [2.75, 3.05) is 56.5 Å². The highest BCUT2D eigenvalue weighted by molar-refractivity contribution is 5.47. The van der Waals surface area contributed by atoms with Gasteiger partial charge in [0.15, 0.2) is 0 Å². The van der Waals surface area contributed by atoms with Crippen LogP contribution in [0.25, 0.3) is 0 Å². The lowest BCUT2D eigenvalue weighted by molar-refractivity contribution is 0.210. The Balaban J connectivity index is 1.51. The fraction of sp³-hybridized carbons (Fsp3) is 0.333. The number of nitrogen functional groups attached to an aromatic ring is 3. The third-order valence-corrected chi connectivity index (χ3v) is 6.54. The average Bonchev–Trinajstić information content (AvgIpc) is 2.90. The van der Waals surface area contributed by atoms with Gasteiger partial charge in [-0.2, -0.15) is 0 Å². The normalized spacial score (nSPS) is 16.7. The predicted molar refractivity (Wildman–Crippen MR) is 138 cm³/mol. The van der Waals surface area contributed by atoms with E-state index >= 15 is 0 Å². The molecule has 0 amide bonds. The molecule has 3 aromatic carbocycles. The van der Waals surface area contributed by atoms with Gasteiger partial charge in [0.25, 0.3) is 0 Å². The lowest BCUT2D eigenvalue weighted by Gasteiger charge is -2.26. The lowest BCUT2D eigenvalue weighted by atomic mass is 10.1. The minimum absolute atomic E-state index is 0.856. The summed E-state index contributed by atoms with van der Waals surface area (Å²) < 4.78 is 0. The van der Waals surface area contributed by atoms with Gasteiger partial charge in [-0.15, -0.1) is 0 Å². The highest BCUT2D eigenvalue weighted by Crippen LogP contribution is 2.18. The van der Waals surface area contributed by atoms with Crippen LogP contribution in [0, 0.1) is 0 Å². The molecule has 1 aliphatic rings. The Kier molecular flexibility index (Phi) is 7.83. The molecule has 0 atom stereocenters. The van der Waals surface area contributed by atoms with Gasteiger partial charge in [0.1, 0.15) is 0 Å². The molecule has 4 rings (SSSR count). The second-order valence-electron chi connectivity index (χ2n) is 8.92. The molecule has 6 nitrogen and oxygen atoms in total. The molecule has 1 saturated heterocycles. The zero-order chi connectivity index (χ0) is 23.0. The molecule has 0 aliphatic carbocycles. The standard InChI is InChI=1S/C27H36N6/c28-25-10-4-1-7-22(25)19-31-13-15-32(20-23-8-2-5-11-26(23)29)17-18-33(16-14-31)21-24-9-3-6-12-27(24)30/h1-12H,13-21,28-30H2. The van der Waals surface area contributed by atoms with Crippen molar-refractivity contribution in [1.82, 2.24) is 14.7 Å². The van der Waals surface area contributed by atoms with Gasteiger partial charge in [-0.1, -0.05) is 54.6 Å². The Hall–Kier alpha value is -3.06. The fourth-order valence-corrected chi connectivity index (χ4v) is 4.42. The molecule has 33 heavy (non-hydrogen) atoms. The zero-order valence-corrected chi connectivity index (χ0v) is 19.4. The molecule has 1 heterocycles. The zero-order valence-electron chi connectivity index (χ0n) is 19.4. The van der Waals surface area contributed by atoms with E-state index in [1.165, 1.54) is 16.7 Å². The summed E-state index contributed by atoms with van der Waals surface area (Å²) in [5.41, 5.74) is 24.9. The molecule has 0 radical (unpaired) electrons. The lowest BCUT2D eigenvalue weighted by Crippen LogP contribution is -2.35. The van der Waals surface area contributed by atoms with Gasteiger partial charge in [0.2, 0.25) is 0 Å². The van der Waals surface area contributed by atoms with E-state index in [0.717, 1.165) is 76.0 Å². The van der Waals surface area contributed by atoms with E-state index in [4.69, 9.17) is 17.2 Å². The summed E-state index contributed by atoms with van der Waals surface area (Å²) in [6, 6.07) is 24.5. The van der Waals surface area contributed by atoms with Crippen molar-refractivity contribution in [3.8, 4) is 0 Å². The molecule has 174 valence electrons. The molecule has 3 aromatic rings. The number of hydrogen-bond acceptors (Lipinski definition) is 6. The van der Waals surface area contributed by atoms with Crippen molar-refractivity contribution in [3.63, 3.8) is 0 Å². The van der Waals surface area contributed by atoms with E-state index in [1.54, 1.807) is 0 Å². The first-order valence-corrected chi connectivity index (χ1v) is 11.8. The van der Waals surface area contributed by atoms with E-state index < -0.39 is 0 Å². The Morgan fingerprint density at radius 2 is 0.667 bits per heavy atom. The number of nitrogens with zero attached hydrogens (tertiary/aromatic N) is 3. The van der Waals surface area contributed by atoms with E-state index in [0.29, 0.717) is 0 Å². The van der Waals surface area contributed by atoms with Gasteiger partial charge in [-0.25, -0.2) is 0 Å². The molecule has 0 saturated carbocycles. The topological polar surface area (TPSA) is 87.8 Å². The van der Waals surface area contributed by atoms with Crippen LogP contribution < -0.4 is 17.2 Å². The number of hydrogen-bond donors (Lipinski definition) is 3. The number of nitrogens with two attached hydrogens (primary N) is 3. The second kappa shape index (κ2) is 11.2. The predicted octanol–water partition coefficient (Wildman–Crippen LogP) is 3.25. The molecular formula is C27H36N6. The smallest absolute Gasteiger partial charge is 0.0359 e. The molecule has 0 bridgehead atoms. The van der Waals surface area contributed by atoms with Crippen molar-refractivity contribution >= 4 is 17.1 Å². The van der Waals surface area contributed by atoms with Crippen molar-refractivity contribution < 1.29 is 0 Å². The Morgan fingerprint density at radius 1 is 0.424 bits per heavy atom. The van der Waals surface area contributed by atoms with Crippen LogP contribution in [0.2, 0.25) is 0 Å². The highest BCUT2D eigenvalue weighted by atomic mass is 15.3. The van der Waals surface area contributed by atoms with E-state index in [2.05, 4.69) is 51.1 Å². The highest BCUT2D eigenvalue weighted by Gasteiger charge is 2.18. The van der Waals surface area contributed by atoms with E-state index in [1.807, 2.05) is 36.4 Å². The van der Waals surface area contributed by atoms with Gasteiger partial charge in [-0.3, -0.25) is 14.7 Å². The number of anilines is 3. The molecule has 0 unspecified atom stereocenters. The molecule has 6 heteroatoms. The minimum atomic E-state index is 0.856. The Morgan fingerprint density at radius 3 is 0.909 bits per heavy atom. The van der Waals surface area contributed by atoms with Gasteiger partial charge in [0, 0.05) is 76.0 Å². The van der Waals surface area contributed by atoms with Crippen LogP contribution in [-0.4, -0.2) is 54.0 Å². The largest absolute Gasteiger partial charge is 0.398 e. The summed E-state index contributed by atoms with van der Waals surface area (Å²) in [5.74, 6) is 0. The van der Waals surface area contributed by atoms with Crippen LogP contribution in [0.5, 0.6) is 0 Å². The fourth-order valence-electron chi connectivity index (χ4n) is 4.42. The third kappa shape index (κ3) is 6.48. The maximum Gasteiger partial charge on any atom is 0.0359 e. The first-order chi connectivity index (χ1) is 16.1. The summed E-state index contributed by atoms with van der Waals surface area (Å²) in [4.78, 5) is 7.54. The minimum Gasteiger partial charge on any atom is -0.398 e. The van der Waals surface area contributed by atoms with Gasteiger partial charge in [0.05, 0.1) is 0 Å². The molecule has 0 aromatic heterocycles. The summed E-state index contributed by atoms with van der Waals surface area (Å²) in [7, 11) is 0. The van der Waals surface area contributed by atoms with Crippen LogP contribution >= 0.6 is 0 Å². The molecule has 6 N–H and O–H groups in total. The molecular weight excluding hydrogens is 408 g/mol. The summed E-state index contributed by atoms with van der Waals surface area (Å²) >= 11 is 0. The maximum atomic E-state index is 6.26. The van der Waals surface area contributed by atoms with Crippen LogP contribution in [0.4, 0.5) is 17.1 Å². The molecule has 0 spiro atoms. The van der Waals surface area contributed by atoms with Crippen molar-refractivity contribution in [3.05, 3.63) is 89.5 Å². The first-order valence-electron chi connectivity index (χ1n) is 11.8. The second-order valence-corrected chi connectivity index (χ2v) is 8.92. The van der Waals surface area contributed by atoms with Gasteiger partial charge in [-0.05, 0) is 34.9 Å². The number of rotatable bonds is 6. The van der Waals surface area contributed by atoms with Crippen LogP contribution in [0.15, 0.2) is 72.8 Å². The van der Waals surface area contributed by atoms with Gasteiger partial charge >= 0.3 is 0 Å². The quantitative estimate of drug-likeness (QED) is 0.506. The summed E-state index contributed by atoms with van der Waals surface area (Å²) in [6.45, 7) is 8.50. The molecule has 1 aliphatic heterocycles. The number of para-hydroxylation sites is 3. The SMILES string of the molecule is Nc1ccccc1CN1CCN(Cc2ccccc2N)CCN(Cc2ccccc2N)CC1. The third-order valence-electron chi connectivity index (χ3n) is 6.54. The van der Waals surface area contributed by atoms with Crippen molar-refractivity contribution in [2.45, 2.75) is 19.6 Å². The Labute approximate surface area is 197 Å². The van der Waals surface area contributed by atoms with Crippen LogP contribution in [0.3, 0.4) is 0 Å². The maximum absolute atomic E-state index is 6.26. The average molecular weight is 445 g/mol. The summed E-state index contributed by atoms with van der Waals surface area (Å²) in [6.07, 6.45) is 0. The molecule has 1 fully saturated rings. The Bertz CT molecular complexity index is 892. The van der Waals surface area contributed by atoms with E-state index in [-0.39, 0.29) is 0 Å². The van der Waals surface area contributed by atoms with Crippen LogP contribution in [0.1, 0.15) is 16.7 Å². The summed E-state index contributed by atoms with van der Waals surface area (Å²) in [5, 5.41) is 0. The van der Waals surface area contributed by atoms with Crippen molar-refractivity contribution in [2.24, 2.45) is 0 Å². The van der Waals surface area contributed by atoms with Gasteiger partial charge < -0.3 is 17.2 Å².